The van der Waals surface area contributed by atoms with E-state index in [1.165, 1.54) is 16.6 Å². The fourth-order valence-electron chi connectivity index (χ4n) is 3.10. The van der Waals surface area contributed by atoms with Gasteiger partial charge in [0, 0.05) is 31.1 Å². The monoisotopic (exact) mass is 362 g/mol. The number of carbonyl (C=O) groups is 2. The second kappa shape index (κ2) is 6.47. The Labute approximate surface area is 149 Å². The minimum Gasteiger partial charge on any atom is -0.476 e. The third kappa shape index (κ3) is 3.71. The second-order valence-electron chi connectivity index (χ2n) is 7.43. The van der Waals surface area contributed by atoms with Gasteiger partial charge in [-0.3, -0.25) is 4.79 Å². The first-order valence-corrected chi connectivity index (χ1v) is 8.48. The van der Waals surface area contributed by atoms with Gasteiger partial charge in [-0.05, 0) is 33.6 Å². The normalized spacial score (nSPS) is 16.0. The summed E-state index contributed by atoms with van der Waals surface area (Å²) >= 11 is 0. The summed E-state index contributed by atoms with van der Waals surface area (Å²) in [5.41, 5.74) is 0.0209. The summed E-state index contributed by atoms with van der Waals surface area (Å²) in [5.74, 6) is -1.15. The van der Waals surface area contributed by atoms with Crippen molar-refractivity contribution in [2.24, 2.45) is 0 Å². The van der Waals surface area contributed by atoms with Crippen molar-refractivity contribution in [3.63, 3.8) is 0 Å². The Hall–Kier alpha value is -2.84. The van der Waals surface area contributed by atoms with Gasteiger partial charge in [-0.2, -0.15) is 5.10 Å². The number of aromatic carboxylic acids is 1. The maximum Gasteiger partial charge on any atom is 0.410 e. The van der Waals surface area contributed by atoms with Crippen molar-refractivity contribution in [1.82, 2.24) is 19.5 Å². The molecule has 2 aromatic rings. The van der Waals surface area contributed by atoms with Crippen molar-refractivity contribution in [3.05, 3.63) is 33.9 Å². The number of carboxylic acids is 1. The van der Waals surface area contributed by atoms with Crippen LogP contribution in [0.5, 0.6) is 0 Å². The van der Waals surface area contributed by atoms with Gasteiger partial charge >= 0.3 is 12.1 Å². The van der Waals surface area contributed by atoms with Crippen LogP contribution in [-0.2, 0) is 4.74 Å². The number of piperidine rings is 1. The molecule has 0 aromatic carbocycles. The van der Waals surface area contributed by atoms with Crippen LogP contribution in [0.25, 0.3) is 5.65 Å². The van der Waals surface area contributed by atoms with Crippen LogP contribution in [0, 0.1) is 0 Å². The summed E-state index contributed by atoms with van der Waals surface area (Å²) in [7, 11) is 0. The Bertz CT molecular complexity index is 900. The molecule has 0 bridgehead atoms. The number of hydrogen-bond donors (Lipinski definition) is 2. The lowest BCUT2D eigenvalue weighted by atomic mass is 9.93. The Kier molecular flexibility index (Phi) is 4.47. The highest BCUT2D eigenvalue weighted by Crippen LogP contribution is 2.28. The quantitative estimate of drug-likeness (QED) is 0.842. The molecule has 0 unspecified atom stereocenters. The van der Waals surface area contributed by atoms with Crippen LogP contribution >= 0.6 is 0 Å². The molecule has 1 fully saturated rings. The maximum absolute atomic E-state index is 12.2. The third-order valence-corrected chi connectivity index (χ3v) is 4.27. The van der Waals surface area contributed by atoms with Crippen molar-refractivity contribution in [3.8, 4) is 0 Å². The molecule has 1 saturated heterocycles. The number of H-pyrrole nitrogens is 1. The summed E-state index contributed by atoms with van der Waals surface area (Å²) in [4.78, 5) is 39.5. The van der Waals surface area contributed by atoms with E-state index in [9.17, 15) is 14.4 Å². The van der Waals surface area contributed by atoms with Gasteiger partial charge < -0.3 is 19.7 Å². The molecular formula is C17H22N4O5. The van der Waals surface area contributed by atoms with E-state index >= 15 is 0 Å². The zero-order valence-corrected chi connectivity index (χ0v) is 15.0. The first-order valence-electron chi connectivity index (χ1n) is 8.48. The van der Waals surface area contributed by atoms with E-state index in [-0.39, 0.29) is 23.3 Å². The first kappa shape index (κ1) is 18.0. The Morgan fingerprint density at radius 1 is 1.27 bits per heavy atom. The topological polar surface area (TPSA) is 117 Å². The molecule has 3 heterocycles. The molecule has 0 atom stereocenters. The van der Waals surface area contributed by atoms with Gasteiger partial charge in [-0.25, -0.2) is 14.1 Å². The van der Waals surface area contributed by atoms with Crippen LogP contribution < -0.4 is 5.56 Å². The van der Waals surface area contributed by atoms with E-state index in [4.69, 9.17) is 9.84 Å². The van der Waals surface area contributed by atoms with E-state index < -0.39 is 11.6 Å². The first-order chi connectivity index (χ1) is 12.1. The number of amides is 1. The Morgan fingerprint density at radius 3 is 2.50 bits per heavy atom. The number of aromatic amines is 1. The van der Waals surface area contributed by atoms with Crippen LogP contribution in [0.2, 0.25) is 0 Å². The van der Waals surface area contributed by atoms with Crippen LogP contribution in [0.3, 0.4) is 0 Å². The summed E-state index contributed by atoms with van der Waals surface area (Å²) in [6, 6.07) is 2.78. The molecule has 0 saturated carbocycles. The van der Waals surface area contributed by atoms with Gasteiger partial charge in [0.15, 0.2) is 5.69 Å². The zero-order valence-electron chi connectivity index (χ0n) is 15.0. The number of ether oxygens (including phenoxy) is 1. The largest absolute Gasteiger partial charge is 0.476 e. The summed E-state index contributed by atoms with van der Waals surface area (Å²) in [6.45, 7) is 6.47. The smallest absolute Gasteiger partial charge is 0.410 e. The molecule has 1 aliphatic rings. The minimum absolute atomic E-state index is 0.0000293. The molecule has 0 aliphatic carbocycles. The molecule has 9 nitrogen and oxygen atoms in total. The average molecular weight is 362 g/mol. The predicted octanol–water partition coefficient (Wildman–Crippen LogP) is 1.84. The fourth-order valence-corrected chi connectivity index (χ4v) is 3.10. The summed E-state index contributed by atoms with van der Waals surface area (Å²) < 4.78 is 6.86. The van der Waals surface area contributed by atoms with Crippen molar-refractivity contribution in [2.75, 3.05) is 13.1 Å². The molecular weight excluding hydrogens is 340 g/mol. The van der Waals surface area contributed by atoms with Gasteiger partial charge in [0.05, 0.1) is 5.69 Å². The third-order valence-electron chi connectivity index (χ3n) is 4.27. The van der Waals surface area contributed by atoms with Crippen molar-refractivity contribution >= 4 is 17.7 Å². The lowest BCUT2D eigenvalue weighted by Gasteiger charge is -2.33. The number of nitrogens with zero attached hydrogens (tertiary/aromatic N) is 3. The van der Waals surface area contributed by atoms with Crippen LogP contribution in [0.1, 0.15) is 55.7 Å². The number of fused-ring (bicyclic) bond motifs is 1. The standard InChI is InChI=1S/C17H22N4O5/c1-17(2,3)26-16(25)20-6-4-10(5-7-20)12-9-14(22)18-13-8-11(15(23)24)19-21(12)13/h8-10H,4-7H2,1-3H3,(H,18,22)(H,23,24). The van der Waals surface area contributed by atoms with E-state index in [0.29, 0.717) is 37.3 Å². The molecule has 3 rings (SSSR count). The van der Waals surface area contributed by atoms with Crippen LogP contribution in [-0.4, -0.2) is 55.4 Å². The SMILES string of the molecule is CC(C)(C)OC(=O)N1CCC(c2cc(=O)[nH]c3cc(C(=O)O)nn23)CC1. The molecule has 140 valence electrons. The molecule has 2 aromatic heterocycles. The number of carbonyl (C=O) groups excluding carboxylic acids is 1. The molecule has 0 spiro atoms. The number of likely N-dealkylation sites (tertiary alicyclic amines) is 1. The van der Waals surface area contributed by atoms with Gasteiger partial charge in [0.1, 0.15) is 11.2 Å². The highest BCUT2D eigenvalue weighted by atomic mass is 16.6. The number of aromatic nitrogens is 3. The van der Waals surface area contributed by atoms with Crippen LogP contribution in [0.4, 0.5) is 4.79 Å². The zero-order chi connectivity index (χ0) is 19.1. The van der Waals surface area contributed by atoms with Gasteiger partial charge in [-0.15, -0.1) is 0 Å². The molecule has 2 N–H and O–H groups in total. The lowest BCUT2D eigenvalue weighted by molar-refractivity contribution is 0.0203. The maximum atomic E-state index is 12.2. The van der Waals surface area contributed by atoms with Crippen LogP contribution in [0.15, 0.2) is 16.9 Å². The number of carboxylic acid groups (broad SMARTS) is 1. The molecule has 9 heteroatoms. The van der Waals surface area contributed by atoms with Gasteiger partial charge in [-0.1, -0.05) is 0 Å². The summed E-state index contributed by atoms with van der Waals surface area (Å²) in [6.07, 6.45) is 0.930. The van der Waals surface area contributed by atoms with E-state index in [0.717, 1.165) is 0 Å². The predicted molar refractivity (Wildman–Crippen MR) is 92.6 cm³/mol. The van der Waals surface area contributed by atoms with Crippen molar-refractivity contribution in [1.29, 1.82) is 0 Å². The number of hydrogen-bond acceptors (Lipinski definition) is 5. The fraction of sp³-hybridized carbons (Fsp3) is 0.529. The minimum atomic E-state index is -1.15. The molecule has 1 amide bonds. The highest BCUT2D eigenvalue weighted by molar-refractivity contribution is 5.86. The average Bonchev–Trinajstić information content (AvgIpc) is 2.96. The Balaban J connectivity index is 1.80. The van der Waals surface area contributed by atoms with Gasteiger partial charge in [0.25, 0.3) is 5.56 Å². The highest BCUT2D eigenvalue weighted by Gasteiger charge is 2.29. The summed E-state index contributed by atoms with van der Waals surface area (Å²) in [5, 5.41) is 13.2. The second-order valence-corrected chi connectivity index (χ2v) is 7.43. The number of nitrogens with one attached hydrogen (secondary N) is 1. The lowest BCUT2D eigenvalue weighted by Crippen LogP contribution is -2.41. The number of rotatable bonds is 2. The van der Waals surface area contributed by atoms with E-state index in [2.05, 4.69) is 10.1 Å². The molecule has 0 radical (unpaired) electrons. The molecule has 26 heavy (non-hydrogen) atoms. The van der Waals surface area contributed by atoms with E-state index in [1.54, 1.807) is 4.90 Å². The molecule has 1 aliphatic heterocycles. The van der Waals surface area contributed by atoms with Gasteiger partial charge in [0.2, 0.25) is 0 Å². The van der Waals surface area contributed by atoms with Crippen molar-refractivity contribution in [2.45, 2.75) is 45.1 Å². The van der Waals surface area contributed by atoms with E-state index in [1.807, 2.05) is 20.8 Å². The Morgan fingerprint density at radius 2 is 1.92 bits per heavy atom. The van der Waals surface area contributed by atoms with Crippen molar-refractivity contribution < 1.29 is 19.4 Å².